The molecule has 0 atom stereocenters. The molecule has 1 N–H and O–H groups in total. The number of fused-ring (bicyclic) bond motifs is 1. The fraction of sp³-hybridized carbons (Fsp3) is 0.125. The van der Waals surface area contributed by atoms with E-state index in [2.05, 4.69) is 22.4 Å². The first kappa shape index (κ1) is 19.4. The first-order valence-electron chi connectivity index (χ1n) is 9.38. The van der Waals surface area contributed by atoms with Crippen LogP contribution in [0.1, 0.15) is 16.7 Å². The summed E-state index contributed by atoms with van der Waals surface area (Å²) in [6.45, 7) is 1.40. The number of benzene rings is 3. The van der Waals surface area contributed by atoms with Crippen LogP contribution in [0.2, 0.25) is 5.02 Å². The third-order valence-corrected chi connectivity index (χ3v) is 5.17. The van der Waals surface area contributed by atoms with Crippen LogP contribution in [0.15, 0.2) is 79.1 Å². The lowest BCUT2D eigenvalue weighted by molar-refractivity contribution is 0.296. The molecule has 1 heterocycles. The summed E-state index contributed by atoms with van der Waals surface area (Å²) in [5, 5.41) is 6.06. The van der Waals surface area contributed by atoms with Gasteiger partial charge in [0.1, 0.15) is 18.2 Å². The molecule has 4 rings (SSSR count). The summed E-state index contributed by atoms with van der Waals surface area (Å²) >= 11 is 6.14. The van der Waals surface area contributed by atoms with E-state index < -0.39 is 0 Å². The summed E-state index contributed by atoms with van der Waals surface area (Å²) in [6.07, 6.45) is 3.56. The van der Waals surface area contributed by atoms with Crippen LogP contribution in [-0.2, 0) is 19.7 Å². The van der Waals surface area contributed by atoms with Crippen molar-refractivity contribution in [3.8, 4) is 5.75 Å². The molecule has 146 valence electrons. The van der Waals surface area contributed by atoms with Crippen molar-refractivity contribution in [2.45, 2.75) is 19.7 Å². The minimum Gasteiger partial charge on any atom is -0.488 e. The highest BCUT2D eigenvalue weighted by Crippen LogP contribution is 2.30. The molecule has 29 heavy (non-hydrogen) atoms. The van der Waals surface area contributed by atoms with Gasteiger partial charge in [-0.05, 0) is 46.7 Å². The molecule has 1 aromatic heterocycles. The minimum absolute atomic E-state index is 0.0706. The Morgan fingerprint density at radius 1 is 0.862 bits per heavy atom. The first-order chi connectivity index (χ1) is 14.2. The molecular formula is C24H20ClFN2O. The van der Waals surface area contributed by atoms with E-state index in [-0.39, 0.29) is 12.4 Å². The maximum atomic E-state index is 14.1. The summed E-state index contributed by atoms with van der Waals surface area (Å²) in [7, 11) is 0. The average molecular weight is 407 g/mol. The van der Waals surface area contributed by atoms with E-state index in [4.69, 9.17) is 16.3 Å². The summed E-state index contributed by atoms with van der Waals surface area (Å²) < 4.78 is 20.1. The standard InChI is InChI=1S/C24H20ClFN2O/c25-22-6-3-7-23(26)21(22)16-29-24-9-8-18-4-1-2-5-19(18)20(24)15-28-14-17-10-12-27-13-11-17/h1-13,28H,14-16H2. The van der Waals surface area contributed by atoms with E-state index in [0.29, 0.717) is 29.4 Å². The Bertz CT molecular complexity index is 1100. The topological polar surface area (TPSA) is 34.1 Å². The number of aromatic nitrogens is 1. The number of rotatable bonds is 7. The lowest BCUT2D eigenvalue weighted by Crippen LogP contribution is -2.14. The van der Waals surface area contributed by atoms with Crippen molar-refractivity contribution in [3.05, 3.63) is 107 Å². The Labute approximate surface area is 174 Å². The maximum Gasteiger partial charge on any atom is 0.131 e. The summed E-state index contributed by atoms with van der Waals surface area (Å²) in [6, 6.07) is 20.7. The Balaban J connectivity index is 1.58. The van der Waals surface area contributed by atoms with Gasteiger partial charge >= 0.3 is 0 Å². The SMILES string of the molecule is Fc1cccc(Cl)c1COc1ccc2ccccc2c1CNCc1ccncc1. The van der Waals surface area contributed by atoms with Crippen molar-refractivity contribution in [2.75, 3.05) is 0 Å². The predicted octanol–water partition coefficient (Wildman–Crippen LogP) is 5.90. The van der Waals surface area contributed by atoms with Gasteiger partial charge in [0.15, 0.2) is 0 Å². The smallest absolute Gasteiger partial charge is 0.131 e. The zero-order valence-electron chi connectivity index (χ0n) is 15.7. The number of nitrogens with one attached hydrogen (secondary N) is 1. The Kier molecular flexibility index (Phi) is 6.03. The average Bonchev–Trinajstić information content (AvgIpc) is 2.75. The van der Waals surface area contributed by atoms with Crippen molar-refractivity contribution in [1.29, 1.82) is 0 Å². The second kappa shape index (κ2) is 9.03. The fourth-order valence-corrected chi connectivity index (χ4v) is 3.50. The highest BCUT2D eigenvalue weighted by molar-refractivity contribution is 6.31. The van der Waals surface area contributed by atoms with Gasteiger partial charge in [-0.15, -0.1) is 0 Å². The molecule has 0 aliphatic rings. The van der Waals surface area contributed by atoms with Crippen molar-refractivity contribution >= 4 is 22.4 Å². The van der Waals surface area contributed by atoms with Crippen molar-refractivity contribution in [2.24, 2.45) is 0 Å². The number of halogens is 2. The molecular weight excluding hydrogens is 387 g/mol. The second-order valence-electron chi connectivity index (χ2n) is 6.71. The van der Waals surface area contributed by atoms with Crippen LogP contribution in [0.5, 0.6) is 5.75 Å². The third-order valence-electron chi connectivity index (χ3n) is 4.81. The number of hydrogen-bond acceptors (Lipinski definition) is 3. The largest absolute Gasteiger partial charge is 0.488 e. The van der Waals surface area contributed by atoms with Gasteiger partial charge < -0.3 is 10.1 Å². The van der Waals surface area contributed by atoms with Crippen LogP contribution in [-0.4, -0.2) is 4.98 Å². The molecule has 0 spiro atoms. The molecule has 5 heteroatoms. The highest BCUT2D eigenvalue weighted by Gasteiger charge is 2.12. The van der Waals surface area contributed by atoms with Crippen molar-refractivity contribution in [1.82, 2.24) is 10.3 Å². The quantitative estimate of drug-likeness (QED) is 0.415. The van der Waals surface area contributed by atoms with Gasteiger partial charge in [0.05, 0.1) is 5.02 Å². The number of nitrogens with zero attached hydrogens (tertiary/aromatic N) is 1. The van der Waals surface area contributed by atoms with Crippen LogP contribution in [0, 0.1) is 5.82 Å². The monoisotopic (exact) mass is 406 g/mol. The molecule has 0 unspecified atom stereocenters. The van der Waals surface area contributed by atoms with Gasteiger partial charge in [0.2, 0.25) is 0 Å². The van der Waals surface area contributed by atoms with E-state index in [0.717, 1.165) is 21.9 Å². The number of hydrogen-bond donors (Lipinski definition) is 1. The first-order valence-corrected chi connectivity index (χ1v) is 9.76. The Hall–Kier alpha value is -2.95. The molecule has 0 aliphatic carbocycles. The van der Waals surface area contributed by atoms with Gasteiger partial charge in [-0.2, -0.15) is 0 Å². The van der Waals surface area contributed by atoms with Gasteiger partial charge in [-0.25, -0.2) is 4.39 Å². The Morgan fingerprint density at radius 3 is 2.52 bits per heavy atom. The summed E-state index contributed by atoms with van der Waals surface area (Å²) in [5.41, 5.74) is 2.54. The van der Waals surface area contributed by atoms with Crippen LogP contribution < -0.4 is 10.1 Å². The van der Waals surface area contributed by atoms with E-state index in [1.54, 1.807) is 24.5 Å². The van der Waals surface area contributed by atoms with Crippen LogP contribution in [0.4, 0.5) is 4.39 Å². The van der Waals surface area contributed by atoms with Gasteiger partial charge in [0.25, 0.3) is 0 Å². The predicted molar refractivity (Wildman–Crippen MR) is 114 cm³/mol. The summed E-state index contributed by atoms with van der Waals surface area (Å²) in [4.78, 5) is 4.04. The van der Waals surface area contributed by atoms with Gasteiger partial charge in [-0.3, -0.25) is 4.98 Å². The zero-order valence-corrected chi connectivity index (χ0v) is 16.5. The van der Waals surface area contributed by atoms with E-state index in [1.165, 1.54) is 6.07 Å². The molecule has 0 saturated carbocycles. The number of ether oxygens (including phenoxy) is 1. The highest BCUT2D eigenvalue weighted by atomic mass is 35.5. The van der Waals surface area contributed by atoms with Gasteiger partial charge in [-0.1, -0.05) is 48.0 Å². The van der Waals surface area contributed by atoms with Crippen LogP contribution in [0.3, 0.4) is 0 Å². The number of pyridine rings is 1. The molecule has 0 amide bonds. The maximum absolute atomic E-state index is 14.1. The van der Waals surface area contributed by atoms with Gasteiger partial charge in [0, 0.05) is 36.6 Å². The van der Waals surface area contributed by atoms with E-state index in [1.807, 2.05) is 36.4 Å². The van der Waals surface area contributed by atoms with E-state index in [9.17, 15) is 4.39 Å². The normalized spacial score (nSPS) is 11.0. The Morgan fingerprint density at radius 2 is 1.69 bits per heavy atom. The zero-order chi connectivity index (χ0) is 20.1. The third kappa shape index (κ3) is 4.56. The molecule has 4 aromatic rings. The van der Waals surface area contributed by atoms with E-state index >= 15 is 0 Å². The van der Waals surface area contributed by atoms with Crippen molar-refractivity contribution in [3.63, 3.8) is 0 Å². The van der Waals surface area contributed by atoms with Crippen molar-refractivity contribution < 1.29 is 9.13 Å². The molecule has 0 bridgehead atoms. The molecule has 0 aliphatic heterocycles. The molecule has 3 aromatic carbocycles. The molecule has 0 fully saturated rings. The van der Waals surface area contributed by atoms with Crippen LogP contribution >= 0.6 is 11.6 Å². The fourth-order valence-electron chi connectivity index (χ4n) is 3.29. The second-order valence-corrected chi connectivity index (χ2v) is 7.12. The minimum atomic E-state index is -0.365. The molecule has 0 saturated heterocycles. The lowest BCUT2D eigenvalue weighted by Gasteiger charge is -2.16. The summed E-state index contributed by atoms with van der Waals surface area (Å²) in [5.74, 6) is 0.348. The van der Waals surface area contributed by atoms with Crippen LogP contribution in [0.25, 0.3) is 10.8 Å². The lowest BCUT2D eigenvalue weighted by atomic mass is 10.0. The molecule has 3 nitrogen and oxygen atoms in total. The molecule has 0 radical (unpaired) electrons.